The van der Waals surface area contributed by atoms with Crippen molar-refractivity contribution < 1.29 is 4.79 Å². The normalized spacial score (nSPS) is 19.5. The van der Waals surface area contributed by atoms with Gasteiger partial charge in [0.25, 0.3) is 0 Å². The minimum absolute atomic E-state index is 0.204. The molecule has 2 aliphatic rings. The fourth-order valence-corrected chi connectivity index (χ4v) is 3.06. The van der Waals surface area contributed by atoms with Gasteiger partial charge in [-0.25, -0.2) is 0 Å². The Hall–Kier alpha value is -1.35. The van der Waals surface area contributed by atoms with E-state index in [0.717, 1.165) is 44.3 Å². The third-order valence-electron chi connectivity index (χ3n) is 4.78. The van der Waals surface area contributed by atoms with Crippen LogP contribution in [0.15, 0.2) is 18.2 Å². The molecule has 1 unspecified atom stereocenters. The average molecular weight is 286 g/mol. The minimum Gasteiger partial charge on any atom is -0.327 e. The van der Waals surface area contributed by atoms with Crippen molar-refractivity contribution in [2.45, 2.75) is 52.0 Å². The average Bonchev–Trinajstić information content (AvgIpc) is 3.30. The Balaban J connectivity index is 1.80. The lowest BCUT2D eigenvalue weighted by Gasteiger charge is -2.30. The molecule has 1 fully saturated rings. The van der Waals surface area contributed by atoms with Crippen molar-refractivity contribution in [1.29, 1.82) is 0 Å². The maximum absolute atomic E-state index is 12.4. The van der Waals surface area contributed by atoms with E-state index >= 15 is 0 Å². The SMILES string of the molecule is CC(C)C(N)Cc1ccc2c(c1)CCCN2C(=O)C1CC1. The molecule has 0 spiro atoms. The number of carbonyl (C=O) groups is 1. The Kier molecular flexibility index (Phi) is 4.03. The molecule has 1 heterocycles. The zero-order valence-corrected chi connectivity index (χ0v) is 13.1. The van der Waals surface area contributed by atoms with Crippen molar-refractivity contribution in [3.63, 3.8) is 0 Å². The van der Waals surface area contributed by atoms with Crippen molar-refractivity contribution in [2.24, 2.45) is 17.6 Å². The molecular weight excluding hydrogens is 260 g/mol. The van der Waals surface area contributed by atoms with Gasteiger partial charge in [-0.2, -0.15) is 0 Å². The smallest absolute Gasteiger partial charge is 0.230 e. The van der Waals surface area contributed by atoms with Crippen LogP contribution in [-0.2, 0) is 17.6 Å². The van der Waals surface area contributed by atoms with Gasteiger partial charge in [0, 0.05) is 24.2 Å². The van der Waals surface area contributed by atoms with Crippen LogP contribution in [0.5, 0.6) is 0 Å². The highest BCUT2D eigenvalue weighted by Crippen LogP contribution is 2.36. The van der Waals surface area contributed by atoms with Gasteiger partial charge in [-0.15, -0.1) is 0 Å². The summed E-state index contributed by atoms with van der Waals surface area (Å²) in [7, 11) is 0. The van der Waals surface area contributed by atoms with Gasteiger partial charge < -0.3 is 10.6 Å². The number of nitrogens with two attached hydrogens (primary N) is 1. The van der Waals surface area contributed by atoms with Crippen molar-refractivity contribution in [3.05, 3.63) is 29.3 Å². The molecule has 3 rings (SSSR count). The number of carbonyl (C=O) groups excluding carboxylic acids is 1. The highest BCUT2D eigenvalue weighted by molar-refractivity contribution is 5.97. The molecule has 0 saturated heterocycles. The van der Waals surface area contributed by atoms with Crippen molar-refractivity contribution >= 4 is 11.6 Å². The predicted octanol–water partition coefficient (Wildman–Crippen LogP) is 2.90. The van der Waals surface area contributed by atoms with Gasteiger partial charge in [0.1, 0.15) is 0 Å². The largest absolute Gasteiger partial charge is 0.327 e. The number of aryl methyl sites for hydroxylation is 1. The third kappa shape index (κ3) is 3.13. The summed E-state index contributed by atoms with van der Waals surface area (Å²) in [4.78, 5) is 14.4. The van der Waals surface area contributed by atoms with Crippen LogP contribution in [0.4, 0.5) is 5.69 Å². The van der Waals surface area contributed by atoms with Gasteiger partial charge in [-0.1, -0.05) is 26.0 Å². The molecule has 1 amide bonds. The van der Waals surface area contributed by atoms with Crippen LogP contribution in [0.2, 0.25) is 0 Å². The van der Waals surface area contributed by atoms with E-state index in [1.165, 1.54) is 11.1 Å². The first-order valence-corrected chi connectivity index (χ1v) is 8.25. The van der Waals surface area contributed by atoms with E-state index in [2.05, 4.69) is 32.0 Å². The first kappa shape index (κ1) is 14.6. The van der Waals surface area contributed by atoms with E-state index in [1.807, 2.05) is 4.90 Å². The van der Waals surface area contributed by atoms with E-state index in [-0.39, 0.29) is 6.04 Å². The van der Waals surface area contributed by atoms with Crippen LogP contribution in [0.3, 0.4) is 0 Å². The Morgan fingerprint density at radius 3 is 2.81 bits per heavy atom. The third-order valence-corrected chi connectivity index (χ3v) is 4.78. The highest BCUT2D eigenvalue weighted by Gasteiger charge is 2.35. The molecule has 0 bridgehead atoms. The minimum atomic E-state index is 0.204. The molecule has 1 saturated carbocycles. The number of nitrogens with zero attached hydrogens (tertiary/aromatic N) is 1. The number of hydrogen-bond acceptors (Lipinski definition) is 2. The molecule has 1 atom stereocenters. The predicted molar refractivity (Wildman–Crippen MR) is 86.4 cm³/mol. The van der Waals surface area contributed by atoms with E-state index in [0.29, 0.717) is 17.7 Å². The zero-order chi connectivity index (χ0) is 15.0. The maximum Gasteiger partial charge on any atom is 0.230 e. The summed E-state index contributed by atoms with van der Waals surface area (Å²) in [6, 6.07) is 6.76. The lowest BCUT2D eigenvalue weighted by Crippen LogP contribution is -2.36. The summed E-state index contributed by atoms with van der Waals surface area (Å²) in [5.74, 6) is 1.13. The Morgan fingerprint density at radius 2 is 2.14 bits per heavy atom. The standard InChI is InChI=1S/C18H26N2O/c1-12(2)16(19)11-13-5-8-17-15(10-13)4-3-9-20(17)18(21)14-6-7-14/h5,8,10,12,14,16H,3-4,6-7,9,11,19H2,1-2H3. The van der Waals surface area contributed by atoms with Gasteiger partial charge in [-0.3, -0.25) is 4.79 Å². The monoisotopic (exact) mass is 286 g/mol. The van der Waals surface area contributed by atoms with Gasteiger partial charge in [0.05, 0.1) is 0 Å². The van der Waals surface area contributed by atoms with Crippen molar-refractivity contribution in [2.75, 3.05) is 11.4 Å². The molecule has 0 aromatic heterocycles. The van der Waals surface area contributed by atoms with E-state index in [4.69, 9.17) is 5.73 Å². The van der Waals surface area contributed by atoms with E-state index in [9.17, 15) is 4.79 Å². The number of amides is 1. The number of fused-ring (bicyclic) bond motifs is 1. The molecule has 1 aromatic carbocycles. The second-order valence-electron chi connectivity index (χ2n) is 6.94. The fraction of sp³-hybridized carbons (Fsp3) is 0.611. The number of benzene rings is 1. The Morgan fingerprint density at radius 1 is 1.38 bits per heavy atom. The molecule has 3 nitrogen and oxygen atoms in total. The van der Waals surface area contributed by atoms with Crippen LogP contribution < -0.4 is 10.6 Å². The van der Waals surface area contributed by atoms with Crippen LogP contribution >= 0.6 is 0 Å². The molecule has 21 heavy (non-hydrogen) atoms. The van der Waals surface area contributed by atoms with Crippen molar-refractivity contribution in [1.82, 2.24) is 0 Å². The van der Waals surface area contributed by atoms with Gasteiger partial charge in [0.2, 0.25) is 5.91 Å². The van der Waals surface area contributed by atoms with Crippen molar-refractivity contribution in [3.8, 4) is 0 Å². The lowest BCUT2D eigenvalue weighted by molar-refractivity contribution is -0.119. The van der Waals surface area contributed by atoms with Crippen LogP contribution in [-0.4, -0.2) is 18.5 Å². The van der Waals surface area contributed by atoms with Crippen LogP contribution in [0.1, 0.15) is 44.2 Å². The summed E-state index contributed by atoms with van der Waals surface area (Å²) in [6.45, 7) is 5.21. The quantitative estimate of drug-likeness (QED) is 0.925. The first-order valence-electron chi connectivity index (χ1n) is 8.25. The summed E-state index contributed by atoms with van der Waals surface area (Å²) in [5.41, 5.74) is 9.95. The molecule has 1 aliphatic carbocycles. The Bertz CT molecular complexity index is 534. The van der Waals surface area contributed by atoms with Gasteiger partial charge >= 0.3 is 0 Å². The summed E-state index contributed by atoms with van der Waals surface area (Å²) < 4.78 is 0. The molecule has 1 aromatic rings. The van der Waals surface area contributed by atoms with Crippen LogP contribution in [0, 0.1) is 11.8 Å². The number of hydrogen-bond donors (Lipinski definition) is 1. The molecule has 2 N–H and O–H groups in total. The van der Waals surface area contributed by atoms with Crippen LogP contribution in [0.25, 0.3) is 0 Å². The molecule has 1 aliphatic heterocycles. The van der Waals surface area contributed by atoms with E-state index in [1.54, 1.807) is 0 Å². The fourth-order valence-electron chi connectivity index (χ4n) is 3.06. The number of anilines is 1. The second-order valence-corrected chi connectivity index (χ2v) is 6.94. The molecular formula is C18H26N2O. The second kappa shape index (κ2) is 5.80. The topological polar surface area (TPSA) is 46.3 Å². The molecule has 114 valence electrons. The molecule has 0 radical (unpaired) electrons. The zero-order valence-electron chi connectivity index (χ0n) is 13.1. The summed E-state index contributed by atoms with van der Waals surface area (Å²) in [5, 5.41) is 0. The van der Waals surface area contributed by atoms with Gasteiger partial charge in [0.15, 0.2) is 0 Å². The van der Waals surface area contributed by atoms with Gasteiger partial charge in [-0.05, 0) is 55.2 Å². The summed E-state index contributed by atoms with van der Waals surface area (Å²) >= 11 is 0. The Labute approximate surface area is 127 Å². The maximum atomic E-state index is 12.4. The number of rotatable bonds is 4. The lowest BCUT2D eigenvalue weighted by atomic mass is 9.93. The summed E-state index contributed by atoms with van der Waals surface area (Å²) in [6.07, 6.45) is 5.22. The van der Waals surface area contributed by atoms with E-state index < -0.39 is 0 Å². The molecule has 3 heteroatoms. The first-order chi connectivity index (χ1) is 10.1. The highest BCUT2D eigenvalue weighted by atomic mass is 16.2.